The maximum Gasteiger partial charge on any atom is 0.408 e. The number of ether oxygens (including phenoxy) is 5. The van der Waals surface area contributed by atoms with Crippen LogP contribution in [-0.2, 0) is 46.2 Å². The van der Waals surface area contributed by atoms with Gasteiger partial charge in [-0.05, 0) is 95.0 Å². The molecular weight excluding hydrogens is 1170 g/mol. The van der Waals surface area contributed by atoms with E-state index in [4.69, 9.17) is 23.7 Å². The van der Waals surface area contributed by atoms with Gasteiger partial charge in [0.05, 0.1) is 74.4 Å². The molecule has 3 unspecified atom stereocenters. The van der Waals surface area contributed by atoms with Gasteiger partial charge in [-0.15, -0.1) is 0 Å². The van der Waals surface area contributed by atoms with Crippen LogP contribution in [0.4, 0.5) is 59.3 Å². The van der Waals surface area contributed by atoms with Gasteiger partial charge in [0.25, 0.3) is 5.91 Å². The van der Waals surface area contributed by atoms with Crippen LogP contribution in [-0.4, -0.2) is 180 Å². The van der Waals surface area contributed by atoms with Gasteiger partial charge in [-0.1, -0.05) is 24.0 Å². The number of pyridine rings is 1. The number of anilines is 1. The summed E-state index contributed by atoms with van der Waals surface area (Å²) in [5.74, 6) is 0.787. The molecule has 472 valence electrons. The third-order valence-corrected chi connectivity index (χ3v) is 16.2. The summed E-state index contributed by atoms with van der Waals surface area (Å²) in [5.41, 5.74) is -4.47. The number of alkyl carbamates (subject to hydrolysis) is 2. The predicted molar refractivity (Wildman–Crippen MR) is 287 cm³/mol. The molecule has 9 rings (SSSR count). The maximum absolute atomic E-state index is 16.2. The highest BCUT2D eigenvalue weighted by atomic mass is 19.4. The number of hydrogen-bond donors (Lipinski definition) is 5. The molecule has 5 aliphatic rings. The Morgan fingerprint density at radius 2 is 1.25 bits per heavy atom. The Hall–Kier alpha value is -7.30. The Balaban J connectivity index is 1.00. The largest absolute Gasteiger partial charge is 0.441 e. The third-order valence-electron chi connectivity index (χ3n) is 16.2. The molecular formula is C57H64F10N10O10. The molecule has 5 aliphatic heterocycles. The van der Waals surface area contributed by atoms with Gasteiger partial charge >= 0.3 is 31.1 Å². The number of alkyl halides is 8. The minimum atomic E-state index is -5.26. The molecule has 5 saturated heterocycles. The number of amides is 4. The van der Waals surface area contributed by atoms with Gasteiger partial charge in [-0.3, -0.25) is 19.9 Å². The number of aromatic nitrogens is 3. The summed E-state index contributed by atoms with van der Waals surface area (Å²) >= 11 is 0. The number of aliphatic hydroxyl groups excluding tert-OH is 1. The minimum absolute atomic E-state index is 0.0891. The van der Waals surface area contributed by atoms with Crippen LogP contribution in [0.5, 0.6) is 0 Å². The number of rotatable bonds is 21. The first-order valence-corrected chi connectivity index (χ1v) is 27.8. The first-order chi connectivity index (χ1) is 41.0. The first kappa shape index (κ1) is 64.2. The Bertz CT molecular complexity index is 3130. The van der Waals surface area contributed by atoms with Gasteiger partial charge in [0.2, 0.25) is 5.91 Å². The lowest BCUT2D eigenvalue weighted by Gasteiger charge is -2.47. The fraction of sp³-hybridized carbons (Fsp3) is 0.544. The predicted octanol–water partition coefficient (Wildman–Crippen LogP) is 6.16. The van der Waals surface area contributed by atoms with Crippen LogP contribution in [0.1, 0.15) is 69.3 Å². The van der Waals surface area contributed by atoms with Crippen LogP contribution in [0.3, 0.4) is 0 Å². The van der Waals surface area contributed by atoms with Crippen LogP contribution in [0.25, 0.3) is 11.3 Å². The molecule has 20 nitrogen and oxygen atoms in total. The number of carbonyl (C=O) groups excluding carboxylic acids is 4. The van der Waals surface area contributed by atoms with Crippen molar-refractivity contribution in [3.8, 4) is 23.1 Å². The zero-order valence-corrected chi connectivity index (χ0v) is 47.4. The minimum Gasteiger partial charge on any atom is -0.441 e. The third kappa shape index (κ3) is 15.0. The van der Waals surface area contributed by atoms with Crippen molar-refractivity contribution >= 4 is 29.8 Å². The molecule has 7 heterocycles. The summed E-state index contributed by atoms with van der Waals surface area (Å²) in [5, 5.41) is 22.5. The number of nitrogens with zero attached hydrogens (tertiary/aromatic N) is 6. The van der Waals surface area contributed by atoms with Gasteiger partial charge in [-0.2, -0.15) is 40.2 Å². The van der Waals surface area contributed by atoms with E-state index in [1.807, 2.05) is 22.8 Å². The quantitative estimate of drug-likeness (QED) is 0.0358. The van der Waals surface area contributed by atoms with E-state index in [1.54, 1.807) is 18.3 Å². The number of fused-ring (bicyclic) bond motifs is 2. The van der Waals surface area contributed by atoms with Crippen molar-refractivity contribution in [2.75, 3.05) is 64.2 Å². The highest BCUT2D eigenvalue weighted by molar-refractivity contribution is 5.87. The van der Waals surface area contributed by atoms with Crippen molar-refractivity contribution in [1.29, 1.82) is 0 Å². The summed E-state index contributed by atoms with van der Waals surface area (Å²) in [6.07, 6.45) is -13.2. The van der Waals surface area contributed by atoms with Gasteiger partial charge in [0.1, 0.15) is 29.5 Å². The van der Waals surface area contributed by atoms with E-state index in [0.717, 1.165) is 57.2 Å². The summed E-state index contributed by atoms with van der Waals surface area (Å²) in [4.78, 5) is 64.3. The van der Waals surface area contributed by atoms with Crippen LogP contribution in [0.15, 0.2) is 67.0 Å². The zero-order valence-electron chi connectivity index (χ0n) is 47.4. The summed E-state index contributed by atoms with van der Waals surface area (Å²) in [6.45, 7) is -0.378. The molecule has 87 heavy (non-hydrogen) atoms. The Morgan fingerprint density at radius 3 is 1.72 bits per heavy atom. The molecule has 6 atom stereocenters. The molecule has 5 fully saturated rings. The number of benzene rings is 2. The highest BCUT2D eigenvalue weighted by Gasteiger charge is 2.58. The molecule has 0 radical (unpaired) electrons. The normalized spacial score (nSPS) is 20.0. The summed E-state index contributed by atoms with van der Waals surface area (Å²) in [6, 6.07) is 6.55. The second-order valence-corrected chi connectivity index (χ2v) is 23.1. The van der Waals surface area contributed by atoms with E-state index in [1.165, 1.54) is 12.1 Å². The smallest absolute Gasteiger partial charge is 0.408 e. The lowest BCUT2D eigenvalue weighted by atomic mass is 9.82. The Kier molecular flexibility index (Phi) is 19.3. The first-order valence-electron chi connectivity index (χ1n) is 27.8. The van der Waals surface area contributed by atoms with E-state index in [-0.39, 0.29) is 47.9 Å². The second kappa shape index (κ2) is 26.2. The molecule has 0 aliphatic carbocycles. The zero-order chi connectivity index (χ0) is 62.8. The topological polar surface area (TPSA) is 223 Å². The number of nitrogens with one attached hydrogen (secondary N) is 4. The van der Waals surface area contributed by atoms with Crippen molar-refractivity contribution in [3.63, 3.8) is 0 Å². The molecule has 2 bridgehead atoms. The lowest BCUT2D eigenvalue weighted by Crippen LogP contribution is -2.64. The van der Waals surface area contributed by atoms with E-state index < -0.39 is 127 Å². The standard InChI is InChI=1S/C57H64F10N10O10/c1-54(2,56(62,63)64)47(70-52(81)86-38-27-84-28-38)49(79)69-44(17-32-8-5-31(6-9-32)7-10-33-11-14-46(68-20-33)74-21-35-12-13-36(22-74)77(35)37-25-83-26-37)45(78)24-75(23-40-41(58)18-34(19-42(40)59)43-15-16-76(72-43)51(60)61)73-50(80)48(55(3,4)57(65,66)67)71-53(82)87-39-29-85-30-39/h5-6,8-9,11,14-16,18-20,35-39,44-45,47-48,51,78H,12-13,17,21-30H2,1-4H3,(H,69,79)(H,70,81)(H,71,82)(H,73,80)/t35?,36?,44-,45-,47?,48+/m0/s1. The van der Waals surface area contributed by atoms with Gasteiger partial charge in [0.15, 0.2) is 12.2 Å². The number of carbonyl (C=O) groups is 4. The van der Waals surface area contributed by atoms with Crippen molar-refractivity contribution in [2.24, 2.45) is 10.8 Å². The number of hydrogen-bond acceptors (Lipinski definition) is 15. The molecule has 5 N–H and O–H groups in total. The van der Waals surface area contributed by atoms with E-state index in [9.17, 15) is 59.4 Å². The number of aliphatic hydroxyl groups is 1. The fourth-order valence-electron chi connectivity index (χ4n) is 10.5. The number of halogens is 10. The SMILES string of the molecule is CC(C)(C(NC(=O)OC1COC1)C(=O)N[C@@H](Cc1ccc(C#Cc2ccc(N3CC4CCC(C3)N4C3COC3)nc2)cc1)[C@@H](O)CN(Cc1c(F)cc(-c2ccn(C(F)F)n2)cc1F)NC(=O)[C@@H](NC(=O)OC1COC1)C(C)(C)C(F)(F)F)C(F)(F)F. The summed E-state index contributed by atoms with van der Waals surface area (Å²) < 4.78 is 174. The van der Waals surface area contributed by atoms with Crippen LogP contribution < -0.4 is 26.3 Å². The molecule has 4 aromatic rings. The average Bonchev–Trinajstić information content (AvgIpc) is 1.85. The van der Waals surface area contributed by atoms with Crippen molar-refractivity contribution in [1.82, 2.24) is 46.0 Å². The van der Waals surface area contributed by atoms with E-state index in [2.05, 4.69) is 42.5 Å². The van der Waals surface area contributed by atoms with Crippen LogP contribution in [0.2, 0.25) is 0 Å². The average molecular weight is 1240 g/mol. The highest BCUT2D eigenvalue weighted by Crippen LogP contribution is 2.42. The Morgan fingerprint density at radius 1 is 0.724 bits per heavy atom. The fourth-order valence-corrected chi connectivity index (χ4v) is 10.5. The molecule has 0 saturated carbocycles. The molecule has 2 aromatic carbocycles. The van der Waals surface area contributed by atoms with Gasteiger partial charge < -0.3 is 49.6 Å². The monoisotopic (exact) mass is 1240 g/mol. The molecule has 4 amide bonds. The molecule has 0 spiro atoms. The maximum atomic E-state index is 16.2. The van der Waals surface area contributed by atoms with Crippen molar-refractivity contribution in [2.45, 2.75) is 127 Å². The second-order valence-electron chi connectivity index (χ2n) is 23.1. The van der Waals surface area contributed by atoms with Gasteiger partial charge in [-0.25, -0.2) is 33.0 Å². The number of hydrazine groups is 1. The van der Waals surface area contributed by atoms with E-state index in [0.29, 0.717) is 74.1 Å². The van der Waals surface area contributed by atoms with Crippen molar-refractivity contribution in [3.05, 3.63) is 101 Å². The van der Waals surface area contributed by atoms with E-state index >= 15 is 8.78 Å². The summed E-state index contributed by atoms with van der Waals surface area (Å²) in [7, 11) is 0. The van der Waals surface area contributed by atoms with Crippen LogP contribution >= 0.6 is 0 Å². The van der Waals surface area contributed by atoms with Gasteiger partial charge in [0, 0.05) is 72.9 Å². The molecule has 2 aromatic heterocycles. The number of piperazine rings is 1. The lowest BCUT2D eigenvalue weighted by molar-refractivity contribution is -0.221. The molecule has 30 heteroatoms. The van der Waals surface area contributed by atoms with Crippen molar-refractivity contribution < 1.29 is 91.9 Å². The van der Waals surface area contributed by atoms with Crippen LogP contribution in [0, 0.1) is 34.3 Å². The Labute approximate surface area is 492 Å².